The zero-order valence-electron chi connectivity index (χ0n) is 13.4. The second kappa shape index (κ2) is 6.29. The molecule has 0 fully saturated rings. The van der Waals surface area contributed by atoms with Crippen LogP contribution in [-0.2, 0) is 6.42 Å². The molecule has 1 heterocycles. The van der Waals surface area contributed by atoms with E-state index in [1.165, 1.54) is 12.1 Å². The maximum absolute atomic E-state index is 12.9. The Labute approximate surface area is 126 Å². The third kappa shape index (κ3) is 3.63. The summed E-state index contributed by atoms with van der Waals surface area (Å²) in [6.07, 6.45) is 0.853. The lowest BCUT2D eigenvalue weighted by molar-refractivity contribution is 0.516. The molecule has 3 nitrogen and oxygen atoms in total. The Hall–Kier alpha value is -1.84. The van der Waals surface area contributed by atoms with Crippen LogP contribution in [0.15, 0.2) is 24.3 Å². The van der Waals surface area contributed by atoms with Crippen LogP contribution in [0.5, 0.6) is 0 Å². The summed E-state index contributed by atoms with van der Waals surface area (Å²) in [7, 11) is 0. The number of hydrogen-bond acceptors (Lipinski definition) is 2. The molecular formula is C17H24FN3. The number of benzene rings is 1. The smallest absolute Gasteiger partial charge is 0.123 e. The maximum Gasteiger partial charge on any atom is 0.123 e. The van der Waals surface area contributed by atoms with Crippen molar-refractivity contribution in [3.8, 4) is 0 Å². The van der Waals surface area contributed by atoms with Crippen molar-refractivity contribution < 1.29 is 4.39 Å². The highest BCUT2D eigenvalue weighted by atomic mass is 19.1. The topological polar surface area (TPSA) is 29.9 Å². The van der Waals surface area contributed by atoms with Gasteiger partial charge in [-0.1, -0.05) is 12.1 Å². The van der Waals surface area contributed by atoms with E-state index in [0.717, 1.165) is 29.1 Å². The SMILES string of the molecule is Cc1nn(C(C)C)c(C)c1NC(C)Cc1ccc(F)cc1. The summed E-state index contributed by atoms with van der Waals surface area (Å²) < 4.78 is 15.0. The van der Waals surface area contributed by atoms with E-state index in [4.69, 9.17) is 0 Å². The molecule has 114 valence electrons. The van der Waals surface area contributed by atoms with Crippen LogP contribution in [0.4, 0.5) is 10.1 Å². The van der Waals surface area contributed by atoms with Crippen molar-refractivity contribution in [3.63, 3.8) is 0 Å². The lowest BCUT2D eigenvalue weighted by Gasteiger charge is -2.16. The van der Waals surface area contributed by atoms with Crippen LogP contribution in [0.1, 0.15) is 43.8 Å². The molecule has 0 radical (unpaired) electrons. The molecule has 1 aromatic heterocycles. The number of hydrogen-bond donors (Lipinski definition) is 1. The minimum Gasteiger partial charge on any atom is -0.379 e. The van der Waals surface area contributed by atoms with Gasteiger partial charge in [-0.25, -0.2) is 4.39 Å². The first-order chi connectivity index (χ1) is 9.88. The number of aromatic nitrogens is 2. The van der Waals surface area contributed by atoms with E-state index in [1.54, 1.807) is 0 Å². The van der Waals surface area contributed by atoms with Crippen LogP contribution < -0.4 is 5.32 Å². The first-order valence-electron chi connectivity index (χ1n) is 7.45. The maximum atomic E-state index is 12.9. The molecule has 0 saturated carbocycles. The van der Waals surface area contributed by atoms with Gasteiger partial charge in [0.05, 0.1) is 17.1 Å². The van der Waals surface area contributed by atoms with Crippen molar-refractivity contribution in [2.75, 3.05) is 5.32 Å². The van der Waals surface area contributed by atoms with E-state index in [9.17, 15) is 4.39 Å². The molecule has 2 aromatic rings. The minimum absolute atomic E-state index is 0.190. The van der Waals surface area contributed by atoms with Crippen LogP contribution in [-0.4, -0.2) is 15.8 Å². The van der Waals surface area contributed by atoms with Gasteiger partial charge in [0.15, 0.2) is 0 Å². The fraction of sp³-hybridized carbons (Fsp3) is 0.471. The molecule has 0 aliphatic rings. The summed E-state index contributed by atoms with van der Waals surface area (Å²) in [5.41, 5.74) is 4.42. The van der Waals surface area contributed by atoms with Gasteiger partial charge in [0.2, 0.25) is 0 Å². The largest absolute Gasteiger partial charge is 0.379 e. The molecule has 1 N–H and O–H groups in total. The van der Waals surface area contributed by atoms with Gasteiger partial charge in [-0.15, -0.1) is 0 Å². The van der Waals surface area contributed by atoms with Crippen LogP contribution in [0.25, 0.3) is 0 Å². The molecule has 0 saturated heterocycles. The Kier molecular flexibility index (Phi) is 4.66. The Morgan fingerprint density at radius 3 is 2.29 bits per heavy atom. The molecule has 1 unspecified atom stereocenters. The Bertz CT molecular complexity index is 599. The van der Waals surface area contributed by atoms with Crippen molar-refractivity contribution >= 4 is 5.69 Å². The summed E-state index contributed by atoms with van der Waals surface area (Å²) in [5.74, 6) is -0.190. The molecule has 0 amide bonds. The number of nitrogens with one attached hydrogen (secondary N) is 1. The Morgan fingerprint density at radius 1 is 1.14 bits per heavy atom. The average Bonchev–Trinajstić information content (AvgIpc) is 2.69. The van der Waals surface area contributed by atoms with Crippen LogP contribution >= 0.6 is 0 Å². The fourth-order valence-electron chi connectivity index (χ4n) is 2.65. The van der Waals surface area contributed by atoms with E-state index >= 15 is 0 Å². The monoisotopic (exact) mass is 289 g/mol. The summed E-state index contributed by atoms with van der Waals surface area (Å²) in [6.45, 7) is 10.5. The second-order valence-electron chi connectivity index (χ2n) is 5.96. The van der Waals surface area contributed by atoms with Crippen molar-refractivity contribution in [2.45, 2.75) is 53.1 Å². The number of aryl methyl sites for hydroxylation is 1. The van der Waals surface area contributed by atoms with E-state index in [1.807, 2.05) is 23.7 Å². The van der Waals surface area contributed by atoms with Crippen LogP contribution in [0, 0.1) is 19.7 Å². The fourth-order valence-corrected chi connectivity index (χ4v) is 2.65. The highest BCUT2D eigenvalue weighted by Gasteiger charge is 2.15. The highest BCUT2D eigenvalue weighted by molar-refractivity contribution is 5.53. The second-order valence-corrected chi connectivity index (χ2v) is 5.96. The zero-order valence-corrected chi connectivity index (χ0v) is 13.4. The molecule has 1 atom stereocenters. The van der Waals surface area contributed by atoms with Gasteiger partial charge in [0.25, 0.3) is 0 Å². The molecule has 2 rings (SSSR count). The molecule has 21 heavy (non-hydrogen) atoms. The summed E-state index contributed by atoms with van der Waals surface area (Å²) in [5, 5.41) is 8.13. The minimum atomic E-state index is -0.190. The first-order valence-corrected chi connectivity index (χ1v) is 7.45. The van der Waals surface area contributed by atoms with Crippen molar-refractivity contribution in [3.05, 3.63) is 47.0 Å². The van der Waals surface area contributed by atoms with Crippen molar-refractivity contribution in [1.29, 1.82) is 0 Å². The van der Waals surface area contributed by atoms with Gasteiger partial charge in [-0.3, -0.25) is 4.68 Å². The molecule has 0 spiro atoms. The van der Waals surface area contributed by atoms with Gasteiger partial charge in [0.1, 0.15) is 5.82 Å². The first kappa shape index (κ1) is 15.5. The van der Waals surface area contributed by atoms with E-state index in [-0.39, 0.29) is 11.9 Å². The van der Waals surface area contributed by atoms with Crippen LogP contribution in [0.3, 0.4) is 0 Å². The highest BCUT2D eigenvalue weighted by Crippen LogP contribution is 2.23. The average molecular weight is 289 g/mol. The lowest BCUT2D eigenvalue weighted by atomic mass is 10.1. The quantitative estimate of drug-likeness (QED) is 0.891. The van der Waals surface area contributed by atoms with Crippen LogP contribution in [0.2, 0.25) is 0 Å². The number of nitrogens with zero attached hydrogens (tertiary/aromatic N) is 2. The molecule has 0 aliphatic heterocycles. The Morgan fingerprint density at radius 2 is 1.76 bits per heavy atom. The molecule has 0 aliphatic carbocycles. The van der Waals surface area contributed by atoms with E-state index < -0.39 is 0 Å². The molecular weight excluding hydrogens is 265 g/mol. The van der Waals surface area contributed by atoms with Gasteiger partial charge >= 0.3 is 0 Å². The predicted molar refractivity (Wildman–Crippen MR) is 85.3 cm³/mol. The number of rotatable bonds is 5. The lowest BCUT2D eigenvalue weighted by Crippen LogP contribution is -2.19. The van der Waals surface area contributed by atoms with Gasteiger partial charge < -0.3 is 5.32 Å². The third-order valence-corrected chi connectivity index (χ3v) is 3.66. The summed E-state index contributed by atoms with van der Waals surface area (Å²) >= 11 is 0. The number of anilines is 1. The number of halogens is 1. The summed E-state index contributed by atoms with van der Waals surface area (Å²) in [4.78, 5) is 0. The van der Waals surface area contributed by atoms with Gasteiger partial charge in [0, 0.05) is 12.1 Å². The third-order valence-electron chi connectivity index (χ3n) is 3.66. The Balaban J connectivity index is 2.09. The molecule has 4 heteroatoms. The van der Waals surface area contributed by atoms with E-state index in [2.05, 4.69) is 38.1 Å². The summed E-state index contributed by atoms with van der Waals surface area (Å²) in [6, 6.07) is 7.31. The molecule has 0 bridgehead atoms. The van der Waals surface area contributed by atoms with Gasteiger partial charge in [-0.2, -0.15) is 5.10 Å². The zero-order chi connectivity index (χ0) is 15.6. The van der Waals surface area contributed by atoms with Gasteiger partial charge in [-0.05, 0) is 58.7 Å². The predicted octanol–water partition coefficient (Wildman–Crippen LogP) is 4.26. The van der Waals surface area contributed by atoms with Crippen molar-refractivity contribution in [1.82, 2.24) is 9.78 Å². The molecule has 1 aromatic carbocycles. The van der Waals surface area contributed by atoms with E-state index in [0.29, 0.717) is 6.04 Å². The van der Waals surface area contributed by atoms with Crippen molar-refractivity contribution in [2.24, 2.45) is 0 Å². The standard InChI is InChI=1S/C17H24FN3/c1-11(2)21-14(5)17(13(4)20-21)19-12(3)10-15-6-8-16(18)9-7-15/h6-9,11-12,19H,10H2,1-5H3. The normalized spacial score (nSPS) is 12.7.